The first kappa shape index (κ1) is 18.1. The van der Waals surface area contributed by atoms with E-state index in [1.807, 2.05) is 30.3 Å². The van der Waals surface area contributed by atoms with Crippen LogP contribution in [-0.2, 0) is 26.5 Å². The van der Waals surface area contributed by atoms with Gasteiger partial charge in [0.05, 0.1) is 11.5 Å². The molecule has 0 amide bonds. The van der Waals surface area contributed by atoms with Crippen LogP contribution in [0.4, 0.5) is 0 Å². The van der Waals surface area contributed by atoms with Crippen molar-refractivity contribution in [3.63, 3.8) is 0 Å². The third kappa shape index (κ3) is 5.42. The summed E-state index contributed by atoms with van der Waals surface area (Å²) in [5, 5.41) is 0.695. The number of benzene rings is 2. The van der Waals surface area contributed by atoms with E-state index in [1.165, 1.54) is 0 Å². The van der Waals surface area contributed by atoms with Gasteiger partial charge in [0.15, 0.2) is 0 Å². The number of rotatable bonds is 8. The minimum absolute atomic E-state index is 0.261. The first-order chi connectivity index (χ1) is 11.0. The van der Waals surface area contributed by atoms with Gasteiger partial charge in [-0.25, -0.2) is 13.1 Å². The maximum absolute atomic E-state index is 12.5. The second kappa shape index (κ2) is 8.59. The van der Waals surface area contributed by atoms with E-state index in [2.05, 4.69) is 20.7 Å². The molecule has 0 bridgehead atoms. The van der Waals surface area contributed by atoms with Crippen molar-refractivity contribution in [2.24, 2.45) is 0 Å². The zero-order chi connectivity index (χ0) is 16.7. The lowest BCUT2D eigenvalue weighted by Gasteiger charge is -2.18. The van der Waals surface area contributed by atoms with Crippen LogP contribution in [0.1, 0.15) is 11.1 Å². The fourth-order valence-corrected chi connectivity index (χ4v) is 3.87. The lowest BCUT2D eigenvalue weighted by Crippen LogP contribution is -2.39. The fourth-order valence-electron chi connectivity index (χ4n) is 2.28. The SMILES string of the molecule is COC[C@H](Cc1ccccc1)NS(=O)(=O)c1ccc(CBr)cc1. The summed E-state index contributed by atoms with van der Waals surface area (Å²) < 4.78 is 33.0. The van der Waals surface area contributed by atoms with E-state index in [0.717, 1.165) is 11.1 Å². The van der Waals surface area contributed by atoms with E-state index in [0.29, 0.717) is 18.4 Å². The van der Waals surface area contributed by atoms with Crippen LogP contribution in [-0.4, -0.2) is 28.2 Å². The van der Waals surface area contributed by atoms with Crippen molar-refractivity contribution in [3.05, 3.63) is 65.7 Å². The quantitative estimate of drug-likeness (QED) is 0.696. The lowest BCUT2D eigenvalue weighted by molar-refractivity contribution is 0.174. The Morgan fingerprint density at radius 1 is 1.04 bits per heavy atom. The number of sulfonamides is 1. The summed E-state index contributed by atoms with van der Waals surface area (Å²) in [6.07, 6.45) is 0.577. The Labute approximate surface area is 146 Å². The van der Waals surface area contributed by atoms with Crippen molar-refractivity contribution in [2.75, 3.05) is 13.7 Å². The maximum Gasteiger partial charge on any atom is 0.240 e. The van der Waals surface area contributed by atoms with Gasteiger partial charge in [-0.3, -0.25) is 0 Å². The number of methoxy groups -OCH3 is 1. The van der Waals surface area contributed by atoms with Crippen LogP contribution in [0.2, 0.25) is 0 Å². The minimum Gasteiger partial charge on any atom is -0.383 e. The monoisotopic (exact) mass is 397 g/mol. The number of hydrogen-bond acceptors (Lipinski definition) is 3. The van der Waals surface area contributed by atoms with Crippen LogP contribution in [0.15, 0.2) is 59.5 Å². The highest BCUT2D eigenvalue weighted by Gasteiger charge is 2.20. The molecule has 6 heteroatoms. The molecule has 23 heavy (non-hydrogen) atoms. The smallest absolute Gasteiger partial charge is 0.240 e. The summed E-state index contributed by atoms with van der Waals surface area (Å²) in [4.78, 5) is 0.261. The van der Waals surface area contributed by atoms with Crippen molar-refractivity contribution in [1.82, 2.24) is 4.72 Å². The molecule has 0 aliphatic rings. The lowest BCUT2D eigenvalue weighted by atomic mass is 10.1. The van der Waals surface area contributed by atoms with Gasteiger partial charge in [0.1, 0.15) is 0 Å². The Kier molecular flexibility index (Phi) is 6.77. The zero-order valence-corrected chi connectivity index (χ0v) is 15.3. The van der Waals surface area contributed by atoms with Gasteiger partial charge in [-0.2, -0.15) is 0 Å². The zero-order valence-electron chi connectivity index (χ0n) is 12.9. The Morgan fingerprint density at radius 2 is 1.70 bits per heavy atom. The standard InChI is InChI=1S/C17H20BrNO3S/c1-22-13-16(11-14-5-3-2-4-6-14)19-23(20,21)17-9-7-15(12-18)8-10-17/h2-10,16,19H,11-13H2,1H3/t16-/m0/s1. The van der Waals surface area contributed by atoms with Crippen LogP contribution in [0, 0.1) is 0 Å². The molecule has 2 aromatic rings. The van der Waals surface area contributed by atoms with Crippen LogP contribution in [0.3, 0.4) is 0 Å². The molecule has 0 unspecified atom stereocenters. The van der Waals surface area contributed by atoms with Crippen LogP contribution < -0.4 is 4.72 Å². The molecule has 0 spiro atoms. The molecule has 1 N–H and O–H groups in total. The normalized spacial score (nSPS) is 13.0. The first-order valence-corrected chi connectivity index (χ1v) is 9.85. The molecule has 0 aliphatic carbocycles. The first-order valence-electron chi connectivity index (χ1n) is 7.25. The van der Waals surface area contributed by atoms with Crippen molar-refractivity contribution in [1.29, 1.82) is 0 Å². The Morgan fingerprint density at radius 3 is 2.26 bits per heavy atom. The van der Waals surface area contributed by atoms with Gasteiger partial charge >= 0.3 is 0 Å². The highest BCUT2D eigenvalue weighted by atomic mass is 79.9. The van der Waals surface area contributed by atoms with Crippen LogP contribution in [0.5, 0.6) is 0 Å². The molecule has 0 heterocycles. The van der Waals surface area contributed by atoms with Crippen LogP contribution >= 0.6 is 15.9 Å². The highest BCUT2D eigenvalue weighted by Crippen LogP contribution is 2.14. The molecule has 0 saturated carbocycles. The van der Waals surface area contributed by atoms with Gasteiger partial charge < -0.3 is 4.74 Å². The van der Waals surface area contributed by atoms with Crippen LogP contribution in [0.25, 0.3) is 0 Å². The topological polar surface area (TPSA) is 55.4 Å². The van der Waals surface area contributed by atoms with E-state index in [9.17, 15) is 8.42 Å². The summed E-state index contributed by atoms with van der Waals surface area (Å²) in [6, 6.07) is 16.3. The number of alkyl halides is 1. The molecule has 2 rings (SSSR count). The van der Waals surface area contributed by atoms with Crippen molar-refractivity contribution >= 4 is 26.0 Å². The molecule has 0 radical (unpaired) electrons. The van der Waals surface area contributed by atoms with Gasteiger partial charge in [-0.1, -0.05) is 58.4 Å². The highest BCUT2D eigenvalue weighted by molar-refractivity contribution is 9.08. The predicted molar refractivity (Wildman–Crippen MR) is 95.2 cm³/mol. The van der Waals surface area contributed by atoms with E-state index in [1.54, 1.807) is 31.4 Å². The van der Waals surface area contributed by atoms with Gasteiger partial charge in [-0.15, -0.1) is 0 Å². The number of hydrogen-bond donors (Lipinski definition) is 1. The second-order valence-corrected chi connectivity index (χ2v) is 7.52. The molecule has 0 fully saturated rings. The van der Waals surface area contributed by atoms with Gasteiger partial charge in [0, 0.05) is 18.5 Å². The molecule has 0 aromatic heterocycles. The van der Waals surface area contributed by atoms with Gasteiger partial charge in [0.2, 0.25) is 10.0 Å². The van der Waals surface area contributed by atoms with Gasteiger partial charge in [0.25, 0.3) is 0 Å². The van der Waals surface area contributed by atoms with Crippen molar-refractivity contribution in [3.8, 4) is 0 Å². The maximum atomic E-state index is 12.5. The summed E-state index contributed by atoms with van der Waals surface area (Å²) in [5.74, 6) is 0. The predicted octanol–water partition coefficient (Wildman–Crippen LogP) is 3.12. The summed E-state index contributed by atoms with van der Waals surface area (Å²) >= 11 is 3.35. The molecule has 0 aliphatic heterocycles. The third-order valence-electron chi connectivity index (χ3n) is 3.40. The molecule has 1 atom stereocenters. The summed E-state index contributed by atoms with van der Waals surface area (Å²) in [7, 11) is -2.01. The summed E-state index contributed by atoms with van der Waals surface area (Å²) in [5.41, 5.74) is 2.09. The van der Waals surface area contributed by atoms with Crippen molar-refractivity contribution < 1.29 is 13.2 Å². The molecule has 2 aromatic carbocycles. The number of halogens is 1. The largest absolute Gasteiger partial charge is 0.383 e. The molecule has 124 valence electrons. The number of ether oxygens (including phenoxy) is 1. The molecular weight excluding hydrogens is 378 g/mol. The minimum atomic E-state index is -3.57. The molecule has 4 nitrogen and oxygen atoms in total. The summed E-state index contributed by atoms with van der Waals surface area (Å²) in [6.45, 7) is 0.313. The number of nitrogens with one attached hydrogen (secondary N) is 1. The molecule has 0 saturated heterocycles. The average Bonchev–Trinajstić information content (AvgIpc) is 2.56. The Bertz CT molecular complexity index is 702. The van der Waals surface area contributed by atoms with Crippen molar-refractivity contribution in [2.45, 2.75) is 22.7 Å². The molecular formula is C17H20BrNO3S. The fraction of sp³-hybridized carbons (Fsp3) is 0.294. The van der Waals surface area contributed by atoms with Gasteiger partial charge in [-0.05, 0) is 29.7 Å². The second-order valence-electron chi connectivity index (χ2n) is 5.24. The van der Waals surface area contributed by atoms with E-state index in [-0.39, 0.29) is 10.9 Å². The Hall–Kier alpha value is -1.21. The van der Waals surface area contributed by atoms with E-state index < -0.39 is 10.0 Å². The van der Waals surface area contributed by atoms with E-state index >= 15 is 0 Å². The average molecular weight is 398 g/mol. The third-order valence-corrected chi connectivity index (χ3v) is 5.59. The Balaban J connectivity index is 2.13. The van der Waals surface area contributed by atoms with E-state index in [4.69, 9.17) is 4.74 Å².